The first-order chi connectivity index (χ1) is 8.27. The number of hydrogen-bond acceptors (Lipinski definition) is 2. The minimum absolute atomic E-state index is 0.213. The summed E-state index contributed by atoms with van der Waals surface area (Å²) in [7, 11) is 0. The molecule has 1 aromatic rings. The Morgan fingerprint density at radius 2 is 1.76 bits per heavy atom. The van der Waals surface area contributed by atoms with Gasteiger partial charge in [-0.3, -0.25) is 4.79 Å². The average Bonchev–Trinajstić information content (AvgIpc) is 2.61. The van der Waals surface area contributed by atoms with Gasteiger partial charge in [0.05, 0.1) is 6.42 Å². The fourth-order valence-electron chi connectivity index (χ4n) is 2.29. The van der Waals surface area contributed by atoms with Crippen LogP contribution in [-0.4, -0.2) is 23.9 Å². The topological polar surface area (TPSA) is 46.3 Å². The van der Waals surface area contributed by atoms with Crippen molar-refractivity contribution in [3.05, 3.63) is 29.8 Å². The number of hydrogen-bond donors (Lipinski definition) is 1. The van der Waals surface area contributed by atoms with Crippen molar-refractivity contribution >= 4 is 11.6 Å². The van der Waals surface area contributed by atoms with Crippen molar-refractivity contribution in [2.45, 2.75) is 32.1 Å². The molecule has 0 radical (unpaired) electrons. The maximum absolute atomic E-state index is 12.1. The molecule has 0 bridgehead atoms. The molecule has 3 nitrogen and oxygen atoms in total. The predicted octanol–water partition coefficient (Wildman–Crippen LogP) is 2.21. The van der Waals surface area contributed by atoms with Crippen molar-refractivity contribution in [1.29, 1.82) is 0 Å². The molecule has 1 saturated heterocycles. The number of carbonyl (C=O) groups is 1. The molecule has 1 heterocycles. The molecule has 92 valence electrons. The van der Waals surface area contributed by atoms with Crippen LogP contribution in [0.3, 0.4) is 0 Å². The number of amides is 1. The highest BCUT2D eigenvalue weighted by Crippen LogP contribution is 2.15. The minimum Gasteiger partial charge on any atom is -0.398 e. The molecule has 2 rings (SSSR count). The van der Waals surface area contributed by atoms with Crippen molar-refractivity contribution in [2.24, 2.45) is 0 Å². The summed E-state index contributed by atoms with van der Waals surface area (Å²) < 4.78 is 0. The number of nitrogens with zero attached hydrogens (tertiary/aromatic N) is 1. The van der Waals surface area contributed by atoms with Crippen LogP contribution in [-0.2, 0) is 11.2 Å². The Morgan fingerprint density at radius 3 is 2.41 bits per heavy atom. The van der Waals surface area contributed by atoms with Crippen molar-refractivity contribution in [2.75, 3.05) is 18.8 Å². The lowest BCUT2D eigenvalue weighted by molar-refractivity contribution is -0.130. The van der Waals surface area contributed by atoms with E-state index in [2.05, 4.69) is 0 Å². The molecule has 17 heavy (non-hydrogen) atoms. The van der Waals surface area contributed by atoms with E-state index >= 15 is 0 Å². The van der Waals surface area contributed by atoms with Crippen LogP contribution in [0.2, 0.25) is 0 Å². The summed E-state index contributed by atoms with van der Waals surface area (Å²) >= 11 is 0. The predicted molar refractivity (Wildman–Crippen MR) is 69.6 cm³/mol. The largest absolute Gasteiger partial charge is 0.398 e. The molecule has 0 saturated carbocycles. The van der Waals surface area contributed by atoms with E-state index in [-0.39, 0.29) is 5.91 Å². The van der Waals surface area contributed by atoms with E-state index in [0.717, 1.165) is 37.2 Å². The Morgan fingerprint density at radius 1 is 1.12 bits per heavy atom. The van der Waals surface area contributed by atoms with Crippen LogP contribution >= 0.6 is 0 Å². The lowest BCUT2D eigenvalue weighted by Crippen LogP contribution is -2.33. The summed E-state index contributed by atoms with van der Waals surface area (Å²) in [5.41, 5.74) is 7.52. The van der Waals surface area contributed by atoms with Gasteiger partial charge in [-0.25, -0.2) is 0 Å². The Balaban J connectivity index is 1.98. The quantitative estimate of drug-likeness (QED) is 0.795. The molecule has 1 fully saturated rings. The first-order valence-electron chi connectivity index (χ1n) is 6.38. The monoisotopic (exact) mass is 232 g/mol. The van der Waals surface area contributed by atoms with Crippen molar-refractivity contribution in [1.82, 2.24) is 4.90 Å². The SMILES string of the molecule is Nc1ccccc1CC(=O)N1CCCCCC1. The second-order valence-electron chi connectivity index (χ2n) is 4.67. The third kappa shape index (κ3) is 3.22. The molecule has 0 aromatic heterocycles. The molecular formula is C14H20N2O. The second kappa shape index (κ2) is 5.71. The number of anilines is 1. The maximum Gasteiger partial charge on any atom is 0.227 e. The van der Waals surface area contributed by atoms with Crippen LogP contribution in [0.25, 0.3) is 0 Å². The number of nitrogen functional groups attached to an aromatic ring is 1. The van der Waals surface area contributed by atoms with E-state index in [1.165, 1.54) is 12.8 Å². The summed E-state index contributed by atoms with van der Waals surface area (Å²) in [5, 5.41) is 0. The molecule has 1 aliphatic rings. The van der Waals surface area contributed by atoms with Gasteiger partial charge in [0.2, 0.25) is 5.91 Å². The highest BCUT2D eigenvalue weighted by atomic mass is 16.2. The van der Waals surface area contributed by atoms with E-state index in [4.69, 9.17) is 5.73 Å². The van der Waals surface area contributed by atoms with Crippen LogP contribution in [0.1, 0.15) is 31.2 Å². The molecule has 1 aromatic carbocycles. The lowest BCUT2D eigenvalue weighted by atomic mass is 10.1. The number of rotatable bonds is 2. The highest BCUT2D eigenvalue weighted by Gasteiger charge is 2.16. The van der Waals surface area contributed by atoms with Gasteiger partial charge in [0.1, 0.15) is 0 Å². The fourth-order valence-corrected chi connectivity index (χ4v) is 2.29. The minimum atomic E-state index is 0.213. The molecular weight excluding hydrogens is 212 g/mol. The number of benzene rings is 1. The number of nitrogens with two attached hydrogens (primary N) is 1. The van der Waals surface area contributed by atoms with Crippen LogP contribution < -0.4 is 5.73 Å². The summed E-state index contributed by atoms with van der Waals surface area (Å²) in [6, 6.07) is 7.62. The van der Waals surface area contributed by atoms with Crippen molar-refractivity contribution in [3.63, 3.8) is 0 Å². The first-order valence-corrected chi connectivity index (χ1v) is 6.38. The van der Waals surface area contributed by atoms with Gasteiger partial charge < -0.3 is 10.6 Å². The highest BCUT2D eigenvalue weighted by molar-refractivity contribution is 5.80. The van der Waals surface area contributed by atoms with Gasteiger partial charge in [-0.1, -0.05) is 31.0 Å². The summed E-state index contributed by atoms with van der Waals surface area (Å²) in [5.74, 6) is 0.213. The normalized spacial score (nSPS) is 16.6. The molecule has 3 heteroatoms. The summed E-state index contributed by atoms with van der Waals surface area (Å²) in [4.78, 5) is 14.1. The summed E-state index contributed by atoms with van der Waals surface area (Å²) in [6.45, 7) is 1.82. The molecule has 1 amide bonds. The van der Waals surface area contributed by atoms with Crippen molar-refractivity contribution in [3.8, 4) is 0 Å². The second-order valence-corrected chi connectivity index (χ2v) is 4.67. The van der Waals surface area contributed by atoms with Gasteiger partial charge in [-0.2, -0.15) is 0 Å². The fraction of sp³-hybridized carbons (Fsp3) is 0.500. The van der Waals surface area contributed by atoms with E-state index in [0.29, 0.717) is 6.42 Å². The third-order valence-corrected chi connectivity index (χ3v) is 3.36. The molecule has 2 N–H and O–H groups in total. The van der Waals surface area contributed by atoms with Crippen LogP contribution in [0, 0.1) is 0 Å². The zero-order valence-corrected chi connectivity index (χ0v) is 10.2. The molecule has 0 aliphatic carbocycles. The Labute approximate surface area is 103 Å². The lowest BCUT2D eigenvalue weighted by Gasteiger charge is -2.20. The number of para-hydroxylation sites is 1. The number of carbonyl (C=O) groups excluding carboxylic acids is 1. The van der Waals surface area contributed by atoms with E-state index < -0.39 is 0 Å². The summed E-state index contributed by atoms with van der Waals surface area (Å²) in [6.07, 6.45) is 5.20. The van der Waals surface area contributed by atoms with Crippen molar-refractivity contribution < 1.29 is 4.79 Å². The van der Waals surface area contributed by atoms with Gasteiger partial charge in [-0.05, 0) is 24.5 Å². The zero-order valence-electron chi connectivity index (χ0n) is 10.2. The third-order valence-electron chi connectivity index (χ3n) is 3.36. The van der Waals surface area contributed by atoms with Gasteiger partial charge in [0.25, 0.3) is 0 Å². The molecule has 0 spiro atoms. The maximum atomic E-state index is 12.1. The molecule has 0 unspecified atom stereocenters. The molecule has 1 aliphatic heterocycles. The van der Waals surface area contributed by atoms with Crippen LogP contribution in [0.4, 0.5) is 5.69 Å². The zero-order chi connectivity index (χ0) is 12.1. The van der Waals surface area contributed by atoms with Crippen LogP contribution in [0.15, 0.2) is 24.3 Å². The van der Waals surface area contributed by atoms with Gasteiger partial charge in [0, 0.05) is 18.8 Å². The van der Waals surface area contributed by atoms with Crippen LogP contribution in [0.5, 0.6) is 0 Å². The average molecular weight is 232 g/mol. The Hall–Kier alpha value is -1.51. The smallest absolute Gasteiger partial charge is 0.227 e. The van der Waals surface area contributed by atoms with E-state index in [1.807, 2.05) is 29.2 Å². The number of likely N-dealkylation sites (tertiary alicyclic amines) is 1. The van der Waals surface area contributed by atoms with Gasteiger partial charge in [0.15, 0.2) is 0 Å². The Bertz CT molecular complexity index is 382. The van der Waals surface area contributed by atoms with E-state index in [9.17, 15) is 4.79 Å². The van der Waals surface area contributed by atoms with Gasteiger partial charge in [-0.15, -0.1) is 0 Å². The standard InChI is InChI=1S/C14H20N2O/c15-13-8-4-3-7-12(13)11-14(17)16-9-5-1-2-6-10-16/h3-4,7-8H,1-2,5-6,9-11,15H2. The van der Waals surface area contributed by atoms with Gasteiger partial charge >= 0.3 is 0 Å². The Kier molecular flexibility index (Phi) is 4.02. The van der Waals surface area contributed by atoms with E-state index in [1.54, 1.807) is 0 Å². The molecule has 0 atom stereocenters. The first kappa shape index (κ1) is 12.0.